The molecule has 0 atom stereocenters. The summed E-state index contributed by atoms with van der Waals surface area (Å²) in [5.74, 6) is 5.26. The Morgan fingerprint density at radius 2 is 2.23 bits per heavy atom. The number of nitrogens with one attached hydrogen (secondary N) is 1. The molecule has 4 nitrogen and oxygen atoms in total. The van der Waals surface area contributed by atoms with Crippen LogP contribution in [0, 0.1) is 0 Å². The molecule has 5 heteroatoms. The Bertz CT molecular complexity index is 482. The summed E-state index contributed by atoms with van der Waals surface area (Å²) < 4.78 is 3.03. The summed E-state index contributed by atoms with van der Waals surface area (Å²) in [7, 11) is 1.84. The van der Waals surface area contributed by atoms with Crippen molar-refractivity contribution in [2.45, 2.75) is 0 Å². The second-order valence-corrected chi connectivity index (χ2v) is 3.55. The van der Waals surface area contributed by atoms with Crippen molar-refractivity contribution < 1.29 is 0 Å². The average molecular weight is 194 g/mol. The minimum Gasteiger partial charge on any atom is -0.326 e. The lowest BCUT2D eigenvalue weighted by molar-refractivity contribution is 0.898. The van der Waals surface area contributed by atoms with E-state index in [0.29, 0.717) is 0 Å². The summed E-state index contributed by atoms with van der Waals surface area (Å²) in [5, 5.41) is 3.70. The van der Waals surface area contributed by atoms with Gasteiger partial charge < -0.3 is 11.3 Å². The smallest absolute Gasteiger partial charge is 0.227 e. The third-order valence-corrected chi connectivity index (χ3v) is 2.87. The van der Waals surface area contributed by atoms with Gasteiger partial charge in [-0.1, -0.05) is 23.5 Å². The second kappa shape index (κ2) is 3.10. The minimum absolute atomic E-state index is 0.767. The fraction of sp³-hybridized carbons (Fsp3) is 0.125. The summed E-state index contributed by atoms with van der Waals surface area (Å²) in [4.78, 5) is 0.767. The quantitative estimate of drug-likeness (QED) is 0.517. The topological polar surface area (TPSA) is 55.3 Å². The van der Waals surface area contributed by atoms with Gasteiger partial charge in [0.15, 0.2) is 0 Å². The summed E-state index contributed by atoms with van der Waals surface area (Å²) in [6.45, 7) is 0. The number of fused-ring (bicyclic) bond motifs is 1. The molecule has 13 heavy (non-hydrogen) atoms. The Kier molecular flexibility index (Phi) is 1.94. The molecular weight excluding hydrogens is 184 g/mol. The molecule has 0 saturated carbocycles. The largest absolute Gasteiger partial charge is 0.326 e. The molecule has 0 radical (unpaired) electrons. The van der Waals surface area contributed by atoms with Gasteiger partial charge in [0.05, 0.1) is 10.2 Å². The maximum atomic E-state index is 5.26. The van der Waals surface area contributed by atoms with E-state index < -0.39 is 0 Å². The summed E-state index contributed by atoms with van der Waals surface area (Å²) in [6.07, 6.45) is 0. The Hall–Kier alpha value is -1.49. The fourth-order valence-electron chi connectivity index (χ4n) is 1.28. The first-order valence-electron chi connectivity index (χ1n) is 3.89. The van der Waals surface area contributed by atoms with Crippen LogP contribution < -0.4 is 16.1 Å². The number of nitrogens with zero attached hydrogens (tertiary/aromatic N) is 2. The van der Waals surface area contributed by atoms with Crippen LogP contribution in [0.1, 0.15) is 0 Å². The highest BCUT2D eigenvalue weighted by molar-refractivity contribution is 7.16. The number of para-hydroxylation sites is 1. The zero-order chi connectivity index (χ0) is 9.26. The lowest BCUT2D eigenvalue weighted by Gasteiger charge is -2.00. The van der Waals surface area contributed by atoms with Crippen molar-refractivity contribution >= 4 is 21.6 Å². The van der Waals surface area contributed by atoms with Crippen molar-refractivity contribution in [1.82, 2.24) is 4.68 Å². The molecule has 0 unspecified atom stereocenters. The van der Waals surface area contributed by atoms with Crippen molar-refractivity contribution in [2.75, 3.05) is 12.5 Å². The highest BCUT2D eigenvalue weighted by Crippen LogP contribution is 2.14. The number of rotatable bonds is 1. The van der Waals surface area contributed by atoms with Crippen molar-refractivity contribution in [3.8, 4) is 0 Å². The van der Waals surface area contributed by atoms with Gasteiger partial charge in [0.25, 0.3) is 0 Å². The number of nitrogens with two attached hydrogens (primary N) is 1. The maximum Gasteiger partial charge on any atom is 0.227 e. The average Bonchev–Trinajstić information content (AvgIpc) is 2.55. The second-order valence-electron chi connectivity index (χ2n) is 2.54. The van der Waals surface area contributed by atoms with Crippen molar-refractivity contribution in [2.24, 2.45) is 10.9 Å². The Morgan fingerprint density at radius 3 is 2.92 bits per heavy atom. The zero-order valence-electron chi connectivity index (χ0n) is 7.19. The molecule has 0 fully saturated rings. The molecule has 0 aliphatic carbocycles. The van der Waals surface area contributed by atoms with Crippen LogP contribution in [0.15, 0.2) is 29.4 Å². The van der Waals surface area contributed by atoms with E-state index in [1.54, 1.807) is 11.3 Å². The first kappa shape index (κ1) is 8.12. The van der Waals surface area contributed by atoms with Gasteiger partial charge in [-0.25, -0.2) is 4.68 Å². The van der Waals surface area contributed by atoms with Crippen molar-refractivity contribution in [3.63, 3.8) is 0 Å². The number of aromatic nitrogens is 1. The Morgan fingerprint density at radius 1 is 1.46 bits per heavy atom. The van der Waals surface area contributed by atoms with E-state index in [1.165, 1.54) is 4.70 Å². The van der Waals surface area contributed by atoms with Crippen LogP contribution in [0.3, 0.4) is 0 Å². The molecule has 3 N–H and O–H groups in total. The van der Waals surface area contributed by atoms with E-state index in [4.69, 9.17) is 5.84 Å². The molecule has 68 valence electrons. The molecule has 1 aromatic heterocycles. The molecule has 2 aromatic rings. The maximum absolute atomic E-state index is 5.26. The fourth-order valence-corrected chi connectivity index (χ4v) is 2.22. The van der Waals surface area contributed by atoms with Crippen molar-refractivity contribution in [1.29, 1.82) is 0 Å². The molecule has 0 saturated heterocycles. The van der Waals surface area contributed by atoms with Crippen molar-refractivity contribution in [3.05, 3.63) is 29.1 Å². The van der Waals surface area contributed by atoms with Gasteiger partial charge in [0, 0.05) is 7.05 Å². The standard InChI is InChI=1S/C8H10N4S/c1-10-12-6-4-2-3-5-7(6)13-8(12)11-9/h2-5,10H,9H2,1H3. The molecule has 0 amide bonds. The molecular formula is C8H10N4S. The SMILES string of the molecule is CNn1c(=NN)sc2ccccc21. The molecule has 0 aliphatic heterocycles. The van der Waals surface area contributed by atoms with E-state index in [2.05, 4.69) is 10.5 Å². The van der Waals surface area contributed by atoms with Gasteiger partial charge in [-0.15, -0.1) is 0 Å². The van der Waals surface area contributed by atoms with E-state index in [1.807, 2.05) is 36.0 Å². The van der Waals surface area contributed by atoms with Gasteiger partial charge in [-0.05, 0) is 12.1 Å². The van der Waals surface area contributed by atoms with Gasteiger partial charge in [0.1, 0.15) is 0 Å². The highest BCUT2D eigenvalue weighted by atomic mass is 32.1. The molecule has 1 aromatic carbocycles. The molecule has 0 aliphatic rings. The van der Waals surface area contributed by atoms with E-state index in [0.717, 1.165) is 10.3 Å². The molecule has 0 spiro atoms. The van der Waals surface area contributed by atoms with Crippen LogP contribution in [-0.2, 0) is 0 Å². The highest BCUT2D eigenvalue weighted by Gasteiger charge is 2.02. The van der Waals surface area contributed by atoms with E-state index >= 15 is 0 Å². The number of benzene rings is 1. The normalized spacial score (nSPS) is 12.2. The van der Waals surface area contributed by atoms with E-state index in [9.17, 15) is 0 Å². The van der Waals surface area contributed by atoms with Crippen LogP contribution >= 0.6 is 11.3 Å². The van der Waals surface area contributed by atoms with E-state index in [-0.39, 0.29) is 0 Å². The summed E-state index contributed by atoms with van der Waals surface area (Å²) in [6, 6.07) is 8.06. The minimum atomic E-state index is 0.767. The molecule has 0 bridgehead atoms. The third-order valence-electron chi connectivity index (χ3n) is 1.83. The van der Waals surface area contributed by atoms with Crippen LogP contribution in [0.2, 0.25) is 0 Å². The number of hydrogen-bond donors (Lipinski definition) is 2. The van der Waals surface area contributed by atoms with Crippen LogP contribution in [0.25, 0.3) is 10.2 Å². The Labute approximate surface area is 79.3 Å². The summed E-state index contributed by atoms with van der Waals surface area (Å²) >= 11 is 1.56. The Balaban J connectivity index is 2.90. The summed E-state index contributed by atoms with van der Waals surface area (Å²) in [5.41, 5.74) is 4.12. The van der Waals surface area contributed by atoms with Gasteiger partial charge in [-0.2, -0.15) is 5.10 Å². The van der Waals surface area contributed by atoms with Gasteiger partial charge >= 0.3 is 0 Å². The lowest BCUT2D eigenvalue weighted by Crippen LogP contribution is -2.23. The monoisotopic (exact) mass is 194 g/mol. The first-order valence-corrected chi connectivity index (χ1v) is 4.70. The number of thiazole rings is 1. The predicted octanol–water partition coefficient (Wildman–Crippen LogP) is 0.650. The first-order chi connectivity index (χ1) is 6.36. The van der Waals surface area contributed by atoms with Gasteiger partial charge in [0.2, 0.25) is 4.80 Å². The molecule has 1 heterocycles. The third kappa shape index (κ3) is 1.17. The number of hydrogen-bond acceptors (Lipinski definition) is 4. The van der Waals surface area contributed by atoms with Crippen LogP contribution in [-0.4, -0.2) is 11.7 Å². The lowest BCUT2D eigenvalue weighted by atomic mass is 10.3. The van der Waals surface area contributed by atoms with Gasteiger partial charge in [-0.3, -0.25) is 0 Å². The molecule has 2 rings (SSSR count). The zero-order valence-corrected chi connectivity index (χ0v) is 8.01. The van der Waals surface area contributed by atoms with Crippen LogP contribution in [0.4, 0.5) is 0 Å². The predicted molar refractivity (Wildman–Crippen MR) is 54.9 cm³/mol. The van der Waals surface area contributed by atoms with Crippen LogP contribution in [0.5, 0.6) is 0 Å².